The van der Waals surface area contributed by atoms with Gasteiger partial charge in [0.15, 0.2) is 5.82 Å². The summed E-state index contributed by atoms with van der Waals surface area (Å²) in [6.07, 6.45) is 2.00. The van der Waals surface area contributed by atoms with Gasteiger partial charge in [0.1, 0.15) is 5.52 Å². The predicted octanol–water partition coefficient (Wildman–Crippen LogP) is 1.81. The van der Waals surface area contributed by atoms with Gasteiger partial charge in [-0.15, -0.1) is 0 Å². The summed E-state index contributed by atoms with van der Waals surface area (Å²) in [6.45, 7) is 1.58. The van der Waals surface area contributed by atoms with Crippen LogP contribution in [0.2, 0.25) is 0 Å². The summed E-state index contributed by atoms with van der Waals surface area (Å²) in [6, 6.07) is 11.6. The van der Waals surface area contributed by atoms with Crippen LogP contribution in [0.1, 0.15) is 17.3 Å². The van der Waals surface area contributed by atoms with Gasteiger partial charge in [0, 0.05) is 19.0 Å². The minimum atomic E-state index is -0.176. The van der Waals surface area contributed by atoms with Crippen LogP contribution in [-0.2, 0) is 23.0 Å². The molecular weight excluding hydrogens is 330 g/mol. The molecule has 1 aliphatic rings. The topological polar surface area (TPSA) is 81.1 Å². The molecule has 1 amide bonds. The maximum absolute atomic E-state index is 12.6. The van der Waals surface area contributed by atoms with E-state index < -0.39 is 0 Å². The van der Waals surface area contributed by atoms with Crippen LogP contribution >= 0.6 is 0 Å². The highest BCUT2D eigenvalue weighted by Gasteiger charge is 2.18. The van der Waals surface area contributed by atoms with Crippen LogP contribution < -0.4 is 10.6 Å². The summed E-state index contributed by atoms with van der Waals surface area (Å²) in [4.78, 5) is 17.2. The SMILES string of the molecule is Cn1ncc2cc3nc(c21)NCCOC[C@H](c1ccccc1)NC(=O)C3. The monoisotopic (exact) mass is 351 g/mol. The molecule has 7 heteroatoms. The molecule has 1 aliphatic heterocycles. The Bertz CT molecular complexity index is 922. The lowest BCUT2D eigenvalue weighted by molar-refractivity contribution is -0.121. The minimum absolute atomic E-state index is 0.0790. The Balaban J connectivity index is 1.64. The van der Waals surface area contributed by atoms with Crippen molar-refractivity contribution in [1.29, 1.82) is 0 Å². The Morgan fingerprint density at radius 2 is 2.12 bits per heavy atom. The van der Waals surface area contributed by atoms with E-state index in [9.17, 15) is 4.79 Å². The zero-order chi connectivity index (χ0) is 17.9. The fraction of sp³-hybridized carbons (Fsp3) is 0.316. The third-order valence-corrected chi connectivity index (χ3v) is 4.47. The van der Waals surface area contributed by atoms with Crippen molar-refractivity contribution >= 4 is 22.6 Å². The number of nitrogens with one attached hydrogen (secondary N) is 2. The second-order valence-electron chi connectivity index (χ2n) is 6.38. The van der Waals surface area contributed by atoms with E-state index >= 15 is 0 Å². The maximum Gasteiger partial charge on any atom is 0.226 e. The highest BCUT2D eigenvalue weighted by molar-refractivity contribution is 5.90. The zero-order valence-electron chi connectivity index (χ0n) is 14.6. The lowest BCUT2D eigenvalue weighted by atomic mass is 10.1. The number of amides is 1. The number of fused-ring (bicyclic) bond motifs is 4. The zero-order valence-corrected chi connectivity index (χ0v) is 14.6. The van der Waals surface area contributed by atoms with Crippen molar-refractivity contribution in [3.8, 4) is 0 Å². The van der Waals surface area contributed by atoms with Gasteiger partial charge in [-0.3, -0.25) is 9.48 Å². The number of hydrogen-bond donors (Lipinski definition) is 2. The van der Waals surface area contributed by atoms with Crippen LogP contribution in [-0.4, -0.2) is 40.4 Å². The number of anilines is 1. The summed E-state index contributed by atoms with van der Waals surface area (Å²) in [5, 5.41) is 11.6. The van der Waals surface area contributed by atoms with Crippen molar-refractivity contribution in [2.24, 2.45) is 7.05 Å². The average Bonchev–Trinajstić information content (AvgIpc) is 3.01. The van der Waals surface area contributed by atoms with E-state index in [0.29, 0.717) is 19.8 Å². The van der Waals surface area contributed by atoms with E-state index in [1.165, 1.54) is 0 Å². The van der Waals surface area contributed by atoms with E-state index in [1.54, 1.807) is 10.9 Å². The van der Waals surface area contributed by atoms with Crippen LogP contribution in [0.3, 0.4) is 0 Å². The number of rotatable bonds is 1. The summed E-state index contributed by atoms with van der Waals surface area (Å²) in [5.41, 5.74) is 2.68. The van der Waals surface area contributed by atoms with Crippen LogP contribution in [0.4, 0.5) is 5.82 Å². The fourth-order valence-corrected chi connectivity index (χ4v) is 3.23. The van der Waals surface area contributed by atoms with Gasteiger partial charge < -0.3 is 15.4 Å². The third kappa shape index (κ3) is 3.39. The second-order valence-corrected chi connectivity index (χ2v) is 6.38. The molecule has 4 rings (SSSR count). The van der Waals surface area contributed by atoms with Gasteiger partial charge in [-0.05, 0) is 11.6 Å². The van der Waals surface area contributed by atoms with E-state index in [-0.39, 0.29) is 18.4 Å². The number of aryl methyl sites for hydroxylation is 1. The molecule has 3 aromatic rings. The summed E-state index contributed by atoms with van der Waals surface area (Å²) in [5.74, 6) is 0.652. The highest BCUT2D eigenvalue weighted by Crippen LogP contribution is 2.23. The Labute approximate surface area is 151 Å². The van der Waals surface area contributed by atoms with Gasteiger partial charge >= 0.3 is 0 Å². The fourth-order valence-electron chi connectivity index (χ4n) is 3.23. The molecule has 2 N–H and O–H groups in total. The van der Waals surface area contributed by atoms with Gasteiger partial charge in [-0.2, -0.15) is 5.10 Å². The van der Waals surface area contributed by atoms with Crippen molar-refractivity contribution in [1.82, 2.24) is 20.1 Å². The van der Waals surface area contributed by atoms with Gasteiger partial charge in [0.25, 0.3) is 0 Å². The predicted molar refractivity (Wildman–Crippen MR) is 98.8 cm³/mol. The second kappa shape index (κ2) is 7.13. The average molecular weight is 351 g/mol. The van der Waals surface area contributed by atoms with Crippen LogP contribution in [0.25, 0.3) is 10.9 Å². The first kappa shape index (κ1) is 16.5. The van der Waals surface area contributed by atoms with Crippen LogP contribution in [0.5, 0.6) is 0 Å². The van der Waals surface area contributed by atoms with Gasteiger partial charge in [-0.1, -0.05) is 30.3 Å². The highest BCUT2D eigenvalue weighted by atomic mass is 16.5. The molecule has 26 heavy (non-hydrogen) atoms. The van der Waals surface area contributed by atoms with E-state index in [1.807, 2.05) is 43.4 Å². The largest absolute Gasteiger partial charge is 0.377 e. The molecule has 134 valence electrons. The van der Waals surface area contributed by atoms with Crippen LogP contribution in [0.15, 0.2) is 42.6 Å². The maximum atomic E-state index is 12.6. The molecule has 2 aromatic heterocycles. The number of benzene rings is 1. The Morgan fingerprint density at radius 3 is 2.96 bits per heavy atom. The quantitative estimate of drug-likeness (QED) is 0.699. The molecular formula is C19H21N5O2. The molecule has 0 radical (unpaired) electrons. The smallest absolute Gasteiger partial charge is 0.226 e. The molecule has 0 saturated heterocycles. The first-order chi connectivity index (χ1) is 12.7. The number of carbonyl (C=O) groups excluding carboxylic acids is 1. The number of pyridine rings is 1. The number of hydrogen-bond acceptors (Lipinski definition) is 5. The Morgan fingerprint density at radius 1 is 1.27 bits per heavy atom. The first-order valence-electron chi connectivity index (χ1n) is 8.68. The molecule has 0 fully saturated rings. The Hall–Kier alpha value is -2.93. The number of aromatic nitrogens is 3. The lowest BCUT2D eigenvalue weighted by Gasteiger charge is -2.21. The minimum Gasteiger partial charge on any atom is -0.377 e. The van der Waals surface area contributed by atoms with Crippen molar-refractivity contribution in [3.63, 3.8) is 0 Å². The molecule has 0 spiro atoms. The third-order valence-electron chi connectivity index (χ3n) is 4.47. The first-order valence-corrected chi connectivity index (χ1v) is 8.68. The molecule has 1 aromatic carbocycles. The number of nitrogens with zero attached hydrogens (tertiary/aromatic N) is 3. The van der Waals surface area contributed by atoms with E-state index in [4.69, 9.17) is 4.74 Å². The van der Waals surface area contributed by atoms with Gasteiger partial charge in [0.05, 0.1) is 37.6 Å². The van der Waals surface area contributed by atoms with Gasteiger partial charge in [-0.25, -0.2) is 4.98 Å². The van der Waals surface area contributed by atoms with Crippen molar-refractivity contribution in [2.75, 3.05) is 25.1 Å². The molecule has 0 unspecified atom stereocenters. The lowest BCUT2D eigenvalue weighted by Crippen LogP contribution is -2.33. The molecule has 1 atom stereocenters. The normalized spacial score (nSPS) is 18.5. The van der Waals surface area contributed by atoms with Gasteiger partial charge in [0.2, 0.25) is 5.91 Å². The van der Waals surface area contributed by atoms with Crippen LogP contribution in [0, 0.1) is 0 Å². The molecule has 7 nitrogen and oxygen atoms in total. The summed E-state index contributed by atoms with van der Waals surface area (Å²) >= 11 is 0. The van der Waals surface area contributed by atoms with E-state index in [0.717, 1.165) is 28.0 Å². The van der Waals surface area contributed by atoms with Crippen molar-refractivity contribution in [2.45, 2.75) is 12.5 Å². The molecule has 0 aliphatic carbocycles. The Kier molecular flexibility index (Phi) is 4.53. The number of ether oxygens (including phenoxy) is 1. The summed E-state index contributed by atoms with van der Waals surface area (Å²) < 4.78 is 7.57. The van der Waals surface area contributed by atoms with Crippen molar-refractivity contribution < 1.29 is 9.53 Å². The van der Waals surface area contributed by atoms with Crippen molar-refractivity contribution in [3.05, 3.63) is 53.9 Å². The molecule has 2 bridgehead atoms. The summed E-state index contributed by atoms with van der Waals surface area (Å²) in [7, 11) is 1.88. The molecule has 0 saturated carbocycles. The standard InChI is InChI=1S/C19H21N5O2/c1-24-18-14(11-21-24)9-15-10-17(25)23-16(13-5-3-2-4-6-13)12-26-8-7-20-19(18)22-15/h2-6,9,11,16H,7-8,10,12H2,1H3,(H,20,22)(H,23,25)/t16-/m1/s1. The number of carbonyl (C=O) groups is 1. The van der Waals surface area contributed by atoms with E-state index in [2.05, 4.69) is 20.7 Å². The molecule has 3 heterocycles.